The predicted octanol–water partition coefficient (Wildman–Crippen LogP) is 5.51. The first-order valence-electron chi connectivity index (χ1n) is 9.44. The van der Waals surface area contributed by atoms with Crippen LogP contribution in [0, 0.1) is 0 Å². The second kappa shape index (κ2) is 8.96. The van der Waals surface area contributed by atoms with Crippen LogP contribution in [0.15, 0.2) is 54.7 Å². The van der Waals surface area contributed by atoms with Crippen LogP contribution in [0.2, 0.25) is 0 Å². The Morgan fingerprint density at radius 3 is 2.15 bits per heavy atom. The molecule has 3 rings (SSSR count). The van der Waals surface area contributed by atoms with E-state index < -0.39 is 40.8 Å². The molecule has 174 valence electrons. The minimum atomic E-state index is -5.10. The van der Waals surface area contributed by atoms with Gasteiger partial charge in [-0.05, 0) is 36.4 Å². The van der Waals surface area contributed by atoms with E-state index >= 15 is 0 Å². The molecule has 1 aromatic heterocycles. The van der Waals surface area contributed by atoms with Crippen molar-refractivity contribution in [1.82, 2.24) is 9.78 Å². The van der Waals surface area contributed by atoms with E-state index in [1.54, 1.807) is 6.92 Å². The molecular weight excluding hydrogens is 454 g/mol. The van der Waals surface area contributed by atoms with Crippen LogP contribution in [-0.4, -0.2) is 21.6 Å². The summed E-state index contributed by atoms with van der Waals surface area (Å²) in [4.78, 5) is 24.1. The van der Waals surface area contributed by atoms with E-state index in [2.05, 4.69) is 15.7 Å². The lowest BCUT2D eigenvalue weighted by Gasteiger charge is -2.14. The summed E-state index contributed by atoms with van der Waals surface area (Å²) in [7, 11) is 0. The third-order valence-corrected chi connectivity index (χ3v) is 4.43. The molecule has 0 aliphatic rings. The van der Waals surface area contributed by atoms with Gasteiger partial charge in [0, 0.05) is 17.8 Å². The van der Waals surface area contributed by atoms with Gasteiger partial charge in [-0.15, -0.1) is 0 Å². The first kappa shape index (κ1) is 23.8. The van der Waals surface area contributed by atoms with Crippen LogP contribution in [0.25, 0.3) is 5.69 Å². The molecule has 0 radical (unpaired) electrons. The Balaban J connectivity index is 1.97. The first-order chi connectivity index (χ1) is 15.4. The zero-order valence-corrected chi connectivity index (χ0v) is 16.9. The van der Waals surface area contributed by atoms with Crippen molar-refractivity contribution >= 4 is 23.2 Å². The molecule has 2 N–H and O–H groups in total. The summed E-state index contributed by atoms with van der Waals surface area (Å²) in [6.07, 6.45) is -9.06. The molecule has 1 heterocycles. The molecule has 3 aromatic rings. The number of anilines is 2. The number of hydrogen-bond acceptors (Lipinski definition) is 3. The lowest BCUT2D eigenvalue weighted by Crippen LogP contribution is -2.21. The fourth-order valence-electron chi connectivity index (χ4n) is 2.92. The summed E-state index contributed by atoms with van der Waals surface area (Å²) in [6.45, 7) is 1.63. The van der Waals surface area contributed by atoms with E-state index in [1.807, 2.05) is 0 Å². The summed E-state index contributed by atoms with van der Waals surface area (Å²) in [6, 6.07) is 8.89. The zero-order valence-electron chi connectivity index (χ0n) is 16.9. The predicted molar refractivity (Wildman–Crippen MR) is 107 cm³/mol. The number of benzene rings is 2. The number of carbonyl (C=O) groups is 2. The van der Waals surface area contributed by atoms with E-state index in [-0.39, 0.29) is 22.7 Å². The van der Waals surface area contributed by atoms with Gasteiger partial charge in [-0.2, -0.15) is 31.4 Å². The van der Waals surface area contributed by atoms with Gasteiger partial charge in [0.25, 0.3) is 5.91 Å². The van der Waals surface area contributed by atoms with Gasteiger partial charge in [0.2, 0.25) is 5.91 Å². The second-order valence-corrected chi connectivity index (χ2v) is 6.80. The number of amides is 2. The van der Waals surface area contributed by atoms with Crippen LogP contribution >= 0.6 is 0 Å². The molecule has 33 heavy (non-hydrogen) atoms. The van der Waals surface area contributed by atoms with Gasteiger partial charge < -0.3 is 10.6 Å². The number of rotatable bonds is 5. The third kappa shape index (κ3) is 5.51. The quantitative estimate of drug-likeness (QED) is 0.483. The topological polar surface area (TPSA) is 76.0 Å². The standard InChI is InChI=1S/C21H16F6N4O2/c1-2-17(32)29-13-6-4-7-14(10-13)30-19(33)16-11-28-31(18(16)21(25,26)27)15-8-3-5-12(9-15)20(22,23)24/h3-11H,2H2,1H3,(H,29,32)(H,30,33). The smallest absolute Gasteiger partial charge is 0.326 e. The molecule has 2 amide bonds. The Labute approximate surface area is 183 Å². The van der Waals surface area contributed by atoms with Crippen LogP contribution in [0.3, 0.4) is 0 Å². The van der Waals surface area contributed by atoms with Crippen molar-refractivity contribution in [3.05, 3.63) is 71.5 Å². The molecule has 0 saturated heterocycles. The summed E-state index contributed by atoms with van der Waals surface area (Å²) in [5.74, 6) is -1.49. The van der Waals surface area contributed by atoms with Gasteiger partial charge in [0.15, 0.2) is 5.69 Å². The number of carbonyl (C=O) groups excluding carboxylic acids is 2. The SMILES string of the molecule is CCC(=O)Nc1cccc(NC(=O)c2cnn(-c3cccc(C(F)(F)F)c3)c2C(F)(F)F)c1. The zero-order chi connectivity index (χ0) is 24.4. The van der Waals surface area contributed by atoms with Crippen LogP contribution in [-0.2, 0) is 17.1 Å². The van der Waals surface area contributed by atoms with Gasteiger partial charge in [-0.1, -0.05) is 19.1 Å². The van der Waals surface area contributed by atoms with Crippen molar-refractivity contribution < 1.29 is 35.9 Å². The average molecular weight is 470 g/mol. The Morgan fingerprint density at radius 2 is 1.55 bits per heavy atom. The third-order valence-electron chi connectivity index (χ3n) is 4.43. The molecule has 0 fully saturated rings. The average Bonchev–Trinajstić information content (AvgIpc) is 3.19. The minimum absolute atomic E-state index is 0.0915. The molecule has 6 nitrogen and oxygen atoms in total. The highest BCUT2D eigenvalue weighted by Crippen LogP contribution is 2.36. The van der Waals surface area contributed by atoms with Crippen molar-refractivity contribution in [2.24, 2.45) is 0 Å². The fraction of sp³-hybridized carbons (Fsp3) is 0.190. The molecule has 0 aliphatic carbocycles. The normalized spacial score (nSPS) is 11.8. The molecule has 12 heteroatoms. The largest absolute Gasteiger partial charge is 0.434 e. The lowest BCUT2D eigenvalue weighted by molar-refractivity contribution is -0.143. The van der Waals surface area contributed by atoms with Gasteiger partial charge in [0.05, 0.1) is 23.0 Å². The highest BCUT2D eigenvalue weighted by atomic mass is 19.4. The molecule has 0 saturated carbocycles. The number of nitrogens with one attached hydrogen (secondary N) is 2. The van der Waals surface area contributed by atoms with Crippen LogP contribution in [0.4, 0.5) is 37.7 Å². The van der Waals surface area contributed by atoms with Gasteiger partial charge >= 0.3 is 12.4 Å². The molecule has 0 atom stereocenters. The highest BCUT2D eigenvalue weighted by Gasteiger charge is 2.41. The second-order valence-electron chi connectivity index (χ2n) is 6.80. The molecule has 0 aliphatic heterocycles. The maximum atomic E-state index is 13.8. The molecule has 0 unspecified atom stereocenters. The summed E-state index contributed by atoms with van der Waals surface area (Å²) in [5, 5.41) is 8.34. The Hall–Kier alpha value is -3.83. The lowest BCUT2D eigenvalue weighted by atomic mass is 10.1. The van der Waals surface area contributed by atoms with Crippen molar-refractivity contribution in [2.75, 3.05) is 10.6 Å². The van der Waals surface area contributed by atoms with Gasteiger partial charge in [-0.3, -0.25) is 9.59 Å². The summed E-state index contributed by atoms with van der Waals surface area (Å²) >= 11 is 0. The maximum Gasteiger partial charge on any atom is 0.434 e. The number of alkyl halides is 6. The van der Waals surface area contributed by atoms with Crippen molar-refractivity contribution in [3.63, 3.8) is 0 Å². The molecule has 2 aromatic carbocycles. The van der Waals surface area contributed by atoms with E-state index in [9.17, 15) is 35.9 Å². The summed E-state index contributed by atoms with van der Waals surface area (Å²) < 4.78 is 80.6. The number of aromatic nitrogens is 2. The van der Waals surface area contributed by atoms with E-state index in [1.165, 1.54) is 24.3 Å². The number of nitrogens with zero attached hydrogens (tertiary/aromatic N) is 2. The highest BCUT2D eigenvalue weighted by molar-refractivity contribution is 6.05. The monoisotopic (exact) mass is 470 g/mol. The van der Waals surface area contributed by atoms with Crippen LogP contribution in [0.5, 0.6) is 0 Å². The van der Waals surface area contributed by atoms with Crippen LogP contribution < -0.4 is 10.6 Å². The minimum Gasteiger partial charge on any atom is -0.326 e. The van der Waals surface area contributed by atoms with Crippen LogP contribution in [0.1, 0.15) is 35.0 Å². The first-order valence-corrected chi connectivity index (χ1v) is 9.44. The van der Waals surface area contributed by atoms with Crippen molar-refractivity contribution in [2.45, 2.75) is 25.7 Å². The molecule has 0 bridgehead atoms. The van der Waals surface area contributed by atoms with Crippen molar-refractivity contribution in [1.29, 1.82) is 0 Å². The van der Waals surface area contributed by atoms with E-state index in [0.29, 0.717) is 24.0 Å². The number of hydrogen-bond donors (Lipinski definition) is 2. The Bertz CT molecular complexity index is 1180. The van der Waals surface area contributed by atoms with E-state index in [4.69, 9.17) is 0 Å². The maximum absolute atomic E-state index is 13.8. The van der Waals surface area contributed by atoms with E-state index in [0.717, 1.165) is 12.1 Å². The number of halogens is 6. The molecule has 0 spiro atoms. The van der Waals surface area contributed by atoms with Crippen molar-refractivity contribution in [3.8, 4) is 5.69 Å². The Kier molecular flexibility index (Phi) is 6.47. The van der Waals surface area contributed by atoms with Gasteiger partial charge in [0.1, 0.15) is 0 Å². The molecular formula is C21H16F6N4O2. The summed E-state index contributed by atoms with van der Waals surface area (Å²) in [5.41, 5.74) is -3.69. The van der Waals surface area contributed by atoms with Gasteiger partial charge in [-0.25, -0.2) is 4.68 Å². The fourth-order valence-corrected chi connectivity index (χ4v) is 2.92. The Morgan fingerprint density at radius 1 is 0.909 bits per heavy atom.